The van der Waals surface area contributed by atoms with Crippen molar-refractivity contribution in [3.8, 4) is 11.1 Å². The Balaban J connectivity index is 1.70. The second-order valence-electron chi connectivity index (χ2n) is 7.41. The molecule has 6 aromatic carbocycles. The predicted octanol–water partition coefficient (Wildman–Crippen LogP) is 7.97. The van der Waals surface area contributed by atoms with Gasteiger partial charge in [0, 0.05) is 0 Å². The summed E-state index contributed by atoms with van der Waals surface area (Å²) in [5.74, 6) is 0. The molecule has 28 heavy (non-hydrogen) atoms. The lowest BCUT2D eigenvalue weighted by atomic mass is 9.92. The summed E-state index contributed by atoms with van der Waals surface area (Å²) in [7, 11) is 0. The average Bonchev–Trinajstić information content (AvgIpc) is 2.78. The third-order valence-electron chi connectivity index (χ3n) is 5.83. The molecule has 0 bridgehead atoms. The summed E-state index contributed by atoms with van der Waals surface area (Å²) < 4.78 is 0. The summed E-state index contributed by atoms with van der Waals surface area (Å²) in [6.07, 6.45) is 0. The first-order chi connectivity index (χ1) is 13.9. The molecule has 0 spiro atoms. The van der Waals surface area contributed by atoms with Crippen LogP contribution in [0.15, 0.2) is 109 Å². The minimum Gasteiger partial charge on any atom is -0.0616 e. The summed E-state index contributed by atoms with van der Waals surface area (Å²) >= 11 is 0. The average molecular weight is 354 g/mol. The maximum absolute atomic E-state index is 2.36. The topological polar surface area (TPSA) is 0 Å². The number of hydrogen-bond acceptors (Lipinski definition) is 0. The van der Waals surface area contributed by atoms with Gasteiger partial charge >= 0.3 is 0 Å². The van der Waals surface area contributed by atoms with E-state index < -0.39 is 0 Å². The predicted molar refractivity (Wildman–Crippen MR) is 122 cm³/mol. The lowest BCUT2D eigenvalue weighted by Crippen LogP contribution is -1.85. The number of fused-ring (bicyclic) bond motifs is 7. The first kappa shape index (κ1) is 15.4. The highest BCUT2D eigenvalue weighted by molar-refractivity contribution is 6.25. The van der Waals surface area contributed by atoms with Crippen molar-refractivity contribution in [3.05, 3.63) is 109 Å². The molecule has 130 valence electrons. The van der Waals surface area contributed by atoms with Crippen molar-refractivity contribution < 1.29 is 0 Å². The molecular weight excluding hydrogens is 336 g/mol. The van der Waals surface area contributed by atoms with Gasteiger partial charge in [-0.25, -0.2) is 0 Å². The molecule has 0 unspecified atom stereocenters. The van der Waals surface area contributed by atoms with Crippen LogP contribution in [0.1, 0.15) is 0 Å². The van der Waals surface area contributed by atoms with Crippen LogP contribution in [0.25, 0.3) is 54.2 Å². The summed E-state index contributed by atoms with van der Waals surface area (Å²) in [6, 6.07) is 39.7. The van der Waals surface area contributed by atoms with Gasteiger partial charge in [0.15, 0.2) is 0 Å². The van der Waals surface area contributed by atoms with Crippen molar-refractivity contribution in [2.24, 2.45) is 0 Å². The van der Waals surface area contributed by atoms with Gasteiger partial charge in [-0.15, -0.1) is 0 Å². The van der Waals surface area contributed by atoms with Gasteiger partial charge in [0.2, 0.25) is 0 Å². The van der Waals surface area contributed by atoms with E-state index >= 15 is 0 Å². The lowest BCUT2D eigenvalue weighted by molar-refractivity contribution is 1.68. The van der Waals surface area contributed by atoms with Gasteiger partial charge in [0.05, 0.1) is 0 Å². The molecule has 0 nitrogen and oxygen atoms in total. The Hall–Kier alpha value is -3.64. The molecule has 0 atom stereocenters. The Morgan fingerprint density at radius 3 is 1.43 bits per heavy atom. The molecule has 0 saturated heterocycles. The number of rotatable bonds is 1. The summed E-state index contributed by atoms with van der Waals surface area (Å²) in [5, 5.41) is 10.5. The van der Waals surface area contributed by atoms with Crippen LogP contribution in [0.4, 0.5) is 0 Å². The van der Waals surface area contributed by atoms with E-state index in [4.69, 9.17) is 0 Å². The van der Waals surface area contributed by atoms with Crippen molar-refractivity contribution in [1.29, 1.82) is 0 Å². The van der Waals surface area contributed by atoms with Gasteiger partial charge in [0.1, 0.15) is 0 Å². The highest BCUT2D eigenvalue weighted by Crippen LogP contribution is 2.37. The number of hydrogen-bond donors (Lipinski definition) is 0. The minimum atomic E-state index is 1.26. The van der Waals surface area contributed by atoms with Crippen molar-refractivity contribution >= 4 is 43.1 Å². The largest absolute Gasteiger partial charge is 0.0616 e. The molecule has 0 heterocycles. The van der Waals surface area contributed by atoms with Gasteiger partial charge in [-0.2, -0.15) is 0 Å². The fourth-order valence-electron chi connectivity index (χ4n) is 4.46. The van der Waals surface area contributed by atoms with Gasteiger partial charge < -0.3 is 0 Å². The molecule has 0 aliphatic rings. The van der Waals surface area contributed by atoms with Gasteiger partial charge in [-0.1, -0.05) is 97.1 Å². The second-order valence-corrected chi connectivity index (χ2v) is 7.41. The van der Waals surface area contributed by atoms with E-state index in [-0.39, 0.29) is 0 Å². The Morgan fingerprint density at radius 1 is 0.286 bits per heavy atom. The zero-order valence-corrected chi connectivity index (χ0v) is 15.4. The Bertz CT molecular complexity index is 1470. The van der Waals surface area contributed by atoms with Crippen molar-refractivity contribution in [2.75, 3.05) is 0 Å². The van der Waals surface area contributed by atoms with Crippen LogP contribution < -0.4 is 0 Å². The van der Waals surface area contributed by atoms with Crippen LogP contribution in [0.2, 0.25) is 0 Å². The summed E-state index contributed by atoms with van der Waals surface area (Å²) in [6.45, 7) is 0. The maximum Gasteiger partial charge on any atom is -0.00928 e. The fourth-order valence-corrected chi connectivity index (χ4v) is 4.46. The molecule has 0 radical (unpaired) electrons. The van der Waals surface area contributed by atoms with E-state index in [9.17, 15) is 0 Å². The molecule has 0 fully saturated rings. The molecule has 0 saturated carbocycles. The molecule has 0 aromatic heterocycles. The molecule has 0 amide bonds. The van der Waals surface area contributed by atoms with Gasteiger partial charge in [0.25, 0.3) is 0 Å². The highest BCUT2D eigenvalue weighted by Gasteiger charge is 2.09. The van der Waals surface area contributed by atoms with Crippen LogP contribution >= 0.6 is 0 Å². The monoisotopic (exact) mass is 354 g/mol. The molecule has 0 heteroatoms. The fraction of sp³-hybridized carbons (Fsp3) is 0. The molecular formula is C28H18. The SMILES string of the molecule is c1ccc2cc(-c3ccc4c5ccccc5c5ccccc5c4c3)ccc2c1. The third kappa shape index (κ3) is 2.25. The van der Waals surface area contributed by atoms with E-state index in [1.54, 1.807) is 0 Å². The van der Waals surface area contributed by atoms with E-state index in [1.165, 1.54) is 54.2 Å². The van der Waals surface area contributed by atoms with E-state index in [0.717, 1.165) is 0 Å². The molecule has 0 aliphatic heterocycles. The zero-order chi connectivity index (χ0) is 18.5. The molecule has 6 rings (SSSR count). The standard InChI is InChI=1S/C28H18/c1-2-8-20-17-21(14-13-19(20)7-1)22-15-16-27-25-11-4-3-9-23(25)24-10-5-6-12-26(24)28(27)18-22/h1-18H. The quantitative estimate of drug-likeness (QED) is 0.263. The molecule has 6 aromatic rings. The number of benzene rings is 6. The Labute approximate surface area is 163 Å². The lowest BCUT2D eigenvalue weighted by Gasteiger charge is -2.12. The van der Waals surface area contributed by atoms with Crippen LogP contribution in [0.5, 0.6) is 0 Å². The van der Waals surface area contributed by atoms with E-state index in [1.807, 2.05) is 0 Å². The Morgan fingerprint density at radius 2 is 0.750 bits per heavy atom. The zero-order valence-electron chi connectivity index (χ0n) is 15.4. The first-order valence-electron chi connectivity index (χ1n) is 9.71. The van der Waals surface area contributed by atoms with Crippen LogP contribution in [-0.2, 0) is 0 Å². The smallest absolute Gasteiger partial charge is 0.00928 e. The van der Waals surface area contributed by atoms with Crippen molar-refractivity contribution in [3.63, 3.8) is 0 Å². The molecule has 0 N–H and O–H groups in total. The van der Waals surface area contributed by atoms with Crippen LogP contribution in [0, 0.1) is 0 Å². The van der Waals surface area contributed by atoms with Gasteiger partial charge in [-0.05, 0) is 66.3 Å². The van der Waals surface area contributed by atoms with Crippen LogP contribution in [0.3, 0.4) is 0 Å². The summed E-state index contributed by atoms with van der Waals surface area (Å²) in [5.41, 5.74) is 2.52. The highest BCUT2D eigenvalue weighted by atomic mass is 14.1. The van der Waals surface area contributed by atoms with E-state index in [0.29, 0.717) is 0 Å². The second kappa shape index (κ2) is 5.94. The summed E-state index contributed by atoms with van der Waals surface area (Å²) in [4.78, 5) is 0. The normalized spacial score (nSPS) is 11.6. The first-order valence-corrected chi connectivity index (χ1v) is 9.71. The van der Waals surface area contributed by atoms with Crippen LogP contribution in [-0.4, -0.2) is 0 Å². The maximum atomic E-state index is 2.36. The minimum absolute atomic E-state index is 1.26. The molecule has 0 aliphatic carbocycles. The Kier molecular flexibility index (Phi) is 3.27. The third-order valence-corrected chi connectivity index (χ3v) is 5.83. The van der Waals surface area contributed by atoms with Crippen molar-refractivity contribution in [1.82, 2.24) is 0 Å². The van der Waals surface area contributed by atoms with Crippen molar-refractivity contribution in [2.45, 2.75) is 0 Å². The van der Waals surface area contributed by atoms with E-state index in [2.05, 4.69) is 109 Å². The van der Waals surface area contributed by atoms with Gasteiger partial charge in [-0.3, -0.25) is 0 Å².